The summed E-state index contributed by atoms with van der Waals surface area (Å²) in [6, 6.07) is 0.144. The van der Waals surface area contributed by atoms with Crippen molar-refractivity contribution >= 4 is 5.91 Å². The van der Waals surface area contributed by atoms with Crippen molar-refractivity contribution in [2.75, 3.05) is 26.2 Å². The van der Waals surface area contributed by atoms with Crippen LogP contribution in [0.15, 0.2) is 0 Å². The van der Waals surface area contributed by atoms with Crippen molar-refractivity contribution in [3.8, 4) is 0 Å². The van der Waals surface area contributed by atoms with E-state index in [4.69, 9.17) is 4.74 Å². The van der Waals surface area contributed by atoms with Crippen molar-refractivity contribution in [1.82, 2.24) is 10.2 Å². The first-order chi connectivity index (χ1) is 8.35. The fourth-order valence-corrected chi connectivity index (χ4v) is 1.53. The van der Waals surface area contributed by atoms with Crippen molar-refractivity contribution in [3.63, 3.8) is 0 Å². The van der Waals surface area contributed by atoms with Gasteiger partial charge < -0.3 is 15.2 Å². The minimum Gasteiger partial charge on any atom is -0.389 e. The molecule has 0 aliphatic heterocycles. The fraction of sp³-hybridized carbons (Fsp3) is 0.923. The largest absolute Gasteiger partial charge is 0.389 e. The van der Waals surface area contributed by atoms with Gasteiger partial charge in [0.1, 0.15) is 0 Å². The molecule has 0 saturated carbocycles. The lowest BCUT2D eigenvalue weighted by molar-refractivity contribution is -0.123. The first-order valence-electron chi connectivity index (χ1n) is 6.66. The Morgan fingerprint density at radius 2 is 1.94 bits per heavy atom. The molecule has 0 aliphatic carbocycles. The second-order valence-electron chi connectivity index (χ2n) is 5.09. The Labute approximate surface area is 110 Å². The van der Waals surface area contributed by atoms with Gasteiger partial charge in [0.2, 0.25) is 5.91 Å². The zero-order valence-corrected chi connectivity index (χ0v) is 12.3. The van der Waals surface area contributed by atoms with E-state index in [1.54, 1.807) is 0 Å². The van der Waals surface area contributed by atoms with Crippen LogP contribution in [-0.4, -0.2) is 60.4 Å². The second kappa shape index (κ2) is 9.30. The highest BCUT2D eigenvalue weighted by molar-refractivity contribution is 5.78. The molecule has 0 aromatic heterocycles. The number of carbonyl (C=O) groups is 1. The molecule has 1 amide bonds. The molecule has 0 fully saturated rings. The monoisotopic (exact) mass is 260 g/mol. The van der Waals surface area contributed by atoms with Crippen molar-refractivity contribution in [2.45, 2.75) is 52.9 Å². The average Bonchev–Trinajstić information content (AvgIpc) is 2.24. The van der Waals surface area contributed by atoms with Crippen LogP contribution in [0.4, 0.5) is 0 Å². The molecule has 5 nitrogen and oxygen atoms in total. The summed E-state index contributed by atoms with van der Waals surface area (Å²) in [7, 11) is 0. The van der Waals surface area contributed by atoms with E-state index in [2.05, 4.69) is 5.32 Å². The van der Waals surface area contributed by atoms with Crippen LogP contribution in [0.25, 0.3) is 0 Å². The van der Waals surface area contributed by atoms with Crippen LogP contribution in [-0.2, 0) is 9.53 Å². The Kier molecular flexibility index (Phi) is 8.97. The van der Waals surface area contributed by atoms with E-state index in [9.17, 15) is 9.90 Å². The topological polar surface area (TPSA) is 61.8 Å². The van der Waals surface area contributed by atoms with Crippen LogP contribution in [0.1, 0.15) is 34.6 Å². The minimum absolute atomic E-state index is 0.0103. The molecule has 0 aromatic carbocycles. The van der Waals surface area contributed by atoms with Crippen molar-refractivity contribution in [3.05, 3.63) is 0 Å². The summed E-state index contributed by atoms with van der Waals surface area (Å²) in [4.78, 5) is 13.5. The number of aliphatic hydroxyl groups is 1. The maximum Gasteiger partial charge on any atom is 0.234 e. The SMILES string of the molecule is CCN(CC(=O)NC(C)C)CC(O)COC(C)C. The smallest absolute Gasteiger partial charge is 0.234 e. The highest BCUT2D eigenvalue weighted by atomic mass is 16.5. The molecule has 0 aromatic rings. The van der Waals surface area contributed by atoms with Gasteiger partial charge in [-0.1, -0.05) is 6.92 Å². The van der Waals surface area contributed by atoms with Crippen LogP contribution in [0.3, 0.4) is 0 Å². The predicted octanol–water partition coefficient (Wildman–Crippen LogP) is 0.619. The minimum atomic E-state index is -0.556. The lowest BCUT2D eigenvalue weighted by Gasteiger charge is -2.24. The third kappa shape index (κ3) is 9.39. The highest BCUT2D eigenvalue weighted by Crippen LogP contribution is 1.96. The molecule has 0 rings (SSSR count). The van der Waals surface area contributed by atoms with Crippen molar-refractivity contribution < 1.29 is 14.6 Å². The number of ether oxygens (including phenoxy) is 1. The number of carbonyl (C=O) groups excluding carboxylic acids is 1. The van der Waals surface area contributed by atoms with Gasteiger partial charge in [0.15, 0.2) is 0 Å². The second-order valence-corrected chi connectivity index (χ2v) is 5.09. The standard InChI is InChI=1S/C13H28N2O3/c1-6-15(8-13(17)14-10(2)3)7-12(16)9-18-11(4)5/h10-12,16H,6-9H2,1-5H3,(H,14,17). The summed E-state index contributed by atoms with van der Waals surface area (Å²) in [5.41, 5.74) is 0. The fourth-order valence-electron chi connectivity index (χ4n) is 1.53. The van der Waals surface area contributed by atoms with E-state index in [1.807, 2.05) is 39.5 Å². The molecule has 2 N–H and O–H groups in total. The van der Waals surface area contributed by atoms with Crippen molar-refractivity contribution in [1.29, 1.82) is 0 Å². The zero-order chi connectivity index (χ0) is 14.1. The van der Waals surface area contributed by atoms with Gasteiger partial charge in [-0.05, 0) is 34.2 Å². The van der Waals surface area contributed by atoms with Gasteiger partial charge in [0, 0.05) is 12.6 Å². The Morgan fingerprint density at radius 1 is 1.33 bits per heavy atom. The van der Waals surface area contributed by atoms with Gasteiger partial charge in [0.05, 0.1) is 25.4 Å². The number of nitrogens with one attached hydrogen (secondary N) is 1. The molecule has 0 spiro atoms. The summed E-state index contributed by atoms with van der Waals surface area (Å²) in [6.45, 7) is 11.5. The molecule has 0 radical (unpaired) electrons. The first kappa shape index (κ1) is 17.4. The lowest BCUT2D eigenvalue weighted by atomic mass is 10.3. The summed E-state index contributed by atoms with van der Waals surface area (Å²) in [5, 5.41) is 12.6. The highest BCUT2D eigenvalue weighted by Gasteiger charge is 2.14. The van der Waals surface area contributed by atoms with Crippen LogP contribution in [0.2, 0.25) is 0 Å². The number of likely N-dealkylation sites (N-methyl/N-ethyl adjacent to an activating group) is 1. The number of hydrogen-bond donors (Lipinski definition) is 2. The van der Waals surface area contributed by atoms with E-state index < -0.39 is 6.10 Å². The number of nitrogens with zero attached hydrogens (tertiary/aromatic N) is 1. The molecule has 5 heteroatoms. The average molecular weight is 260 g/mol. The number of rotatable bonds is 9. The van der Waals surface area contributed by atoms with Gasteiger partial charge in [0.25, 0.3) is 0 Å². The number of amides is 1. The lowest BCUT2D eigenvalue weighted by Crippen LogP contribution is -2.43. The molecule has 1 atom stereocenters. The van der Waals surface area contributed by atoms with E-state index in [0.717, 1.165) is 6.54 Å². The molecular weight excluding hydrogens is 232 g/mol. The summed E-state index contributed by atoms with van der Waals surface area (Å²) in [5.74, 6) is -0.0103. The maximum atomic E-state index is 11.6. The van der Waals surface area contributed by atoms with Crippen LogP contribution >= 0.6 is 0 Å². The Hall–Kier alpha value is -0.650. The third-order valence-corrected chi connectivity index (χ3v) is 2.35. The Bertz CT molecular complexity index is 232. The molecule has 1 unspecified atom stereocenters. The van der Waals surface area contributed by atoms with Crippen LogP contribution in [0.5, 0.6) is 0 Å². The Balaban J connectivity index is 3.98. The number of hydrogen-bond acceptors (Lipinski definition) is 4. The molecule has 0 aliphatic rings. The molecular formula is C13H28N2O3. The van der Waals surface area contributed by atoms with Gasteiger partial charge in [-0.2, -0.15) is 0 Å². The van der Waals surface area contributed by atoms with Gasteiger partial charge in [-0.25, -0.2) is 0 Å². The van der Waals surface area contributed by atoms with Gasteiger partial charge in [-0.3, -0.25) is 9.69 Å². The van der Waals surface area contributed by atoms with E-state index in [1.165, 1.54) is 0 Å². The van der Waals surface area contributed by atoms with E-state index in [-0.39, 0.29) is 18.1 Å². The summed E-state index contributed by atoms with van der Waals surface area (Å²) >= 11 is 0. The van der Waals surface area contributed by atoms with Gasteiger partial charge >= 0.3 is 0 Å². The Morgan fingerprint density at radius 3 is 2.39 bits per heavy atom. The molecule has 108 valence electrons. The predicted molar refractivity (Wildman–Crippen MR) is 72.5 cm³/mol. The summed E-state index contributed by atoms with van der Waals surface area (Å²) < 4.78 is 5.34. The summed E-state index contributed by atoms with van der Waals surface area (Å²) in [6.07, 6.45) is -0.446. The maximum absolute atomic E-state index is 11.6. The molecule has 0 heterocycles. The van der Waals surface area contributed by atoms with E-state index >= 15 is 0 Å². The molecule has 0 saturated heterocycles. The molecule has 18 heavy (non-hydrogen) atoms. The first-order valence-corrected chi connectivity index (χ1v) is 6.66. The van der Waals surface area contributed by atoms with Crippen molar-refractivity contribution in [2.24, 2.45) is 0 Å². The van der Waals surface area contributed by atoms with Crippen LogP contribution in [0, 0.1) is 0 Å². The molecule has 0 bridgehead atoms. The normalized spacial score (nSPS) is 13.4. The number of aliphatic hydroxyl groups excluding tert-OH is 1. The van der Waals surface area contributed by atoms with Gasteiger partial charge in [-0.15, -0.1) is 0 Å². The quantitative estimate of drug-likeness (QED) is 0.638. The third-order valence-electron chi connectivity index (χ3n) is 2.35. The van der Waals surface area contributed by atoms with Crippen LogP contribution < -0.4 is 5.32 Å². The zero-order valence-electron chi connectivity index (χ0n) is 12.3. The van der Waals surface area contributed by atoms with E-state index in [0.29, 0.717) is 19.7 Å².